The number of ether oxygens (including phenoxy) is 4. The van der Waals surface area contributed by atoms with E-state index in [0.29, 0.717) is 11.5 Å². The van der Waals surface area contributed by atoms with E-state index in [1.54, 1.807) is 12.1 Å². The predicted molar refractivity (Wildman–Crippen MR) is 89.3 cm³/mol. The minimum atomic E-state index is -1.67. The maximum Gasteiger partial charge on any atom is 0.320 e. The van der Waals surface area contributed by atoms with E-state index in [4.69, 9.17) is 18.9 Å². The fourth-order valence-corrected chi connectivity index (χ4v) is 5.30. The average Bonchev–Trinajstić information content (AvgIpc) is 3.57. The molecule has 2 aliphatic carbocycles. The first-order valence-electron chi connectivity index (χ1n) is 8.89. The summed E-state index contributed by atoms with van der Waals surface area (Å²) >= 11 is 0. The van der Waals surface area contributed by atoms with Gasteiger partial charge in [0.25, 0.3) is 0 Å². The summed E-state index contributed by atoms with van der Waals surface area (Å²) in [6.07, 6.45) is -1.05. The van der Waals surface area contributed by atoms with Gasteiger partial charge in [0.2, 0.25) is 5.60 Å². The Morgan fingerprint density at radius 3 is 2.41 bits per heavy atom. The van der Waals surface area contributed by atoms with Gasteiger partial charge in [-0.1, -0.05) is 24.3 Å². The van der Waals surface area contributed by atoms with Crippen LogP contribution in [0.4, 0.5) is 0 Å². The summed E-state index contributed by atoms with van der Waals surface area (Å²) in [7, 11) is 0. The lowest BCUT2D eigenvalue weighted by molar-refractivity contribution is -0.191. The number of aliphatic hydroxyl groups is 2. The largest absolute Gasteiger partial charge is 0.446 e. The zero-order valence-electron chi connectivity index (χ0n) is 13.9. The molecule has 0 amide bonds. The van der Waals surface area contributed by atoms with E-state index in [0.717, 1.165) is 10.8 Å². The summed E-state index contributed by atoms with van der Waals surface area (Å²) < 4.78 is 24.2. The molecule has 7 rings (SSSR count). The third kappa shape index (κ3) is 1.28. The Labute approximate surface area is 152 Å². The van der Waals surface area contributed by atoms with Crippen LogP contribution in [0.15, 0.2) is 48.6 Å². The zero-order chi connectivity index (χ0) is 18.2. The van der Waals surface area contributed by atoms with Crippen molar-refractivity contribution in [2.24, 2.45) is 0 Å². The first kappa shape index (κ1) is 14.6. The van der Waals surface area contributed by atoms with Crippen molar-refractivity contribution in [1.29, 1.82) is 0 Å². The van der Waals surface area contributed by atoms with E-state index in [-0.39, 0.29) is 0 Å². The van der Waals surface area contributed by atoms with Crippen LogP contribution < -0.4 is 9.47 Å². The van der Waals surface area contributed by atoms with Crippen molar-refractivity contribution in [2.45, 2.75) is 41.4 Å². The Morgan fingerprint density at radius 2 is 1.70 bits per heavy atom. The van der Waals surface area contributed by atoms with Gasteiger partial charge in [-0.2, -0.15) is 0 Å². The van der Waals surface area contributed by atoms with Gasteiger partial charge in [0, 0.05) is 0 Å². The summed E-state index contributed by atoms with van der Waals surface area (Å²) in [6.45, 7) is 0. The van der Waals surface area contributed by atoms with Crippen molar-refractivity contribution < 1.29 is 34.0 Å². The standard InChI is InChI=1S/C20H14O7/c21-12-7-8-13(22)19-18(12,27-19)16(23)15-17(24-15)20(19)25-10-5-1-3-9-4-2-6-11(26-20)14(9)10/h1-8,12,15-17,21,23H/t12-,15+,16-,17+,18+,19+/m0/s1. The topological polar surface area (TPSA) is 101 Å². The van der Waals surface area contributed by atoms with Gasteiger partial charge >= 0.3 is 5.79 Å². The lowest BCUT2D eigenvalue weighted by Crippen LogP contribution is -2.73. The number of fused-ring (bicyclic) bond motifs is 2. The average molecular weight is 366 g/mol. The molecule has 0 radical (unpaired) electrons. The van der Waals surface area contributed by atoms with Crippen LogP contribution in [0.3, 0.4) is 0 Å². The molecule has 136 valence electrons. The lowest BCUT2D eigenvalue weighted by atomic mass is 9.66. The molecule has 1 saturated carbocycles. The molecule has 7 nitrogen and oxygen atoms in total. The second kappa shape index (κ2) is 4.02. The highest BCUT2D eigenvalue weighted by atomic mass is 16.8. The van der Waals surface area contributed by atoms with Crippen LogP contribution in [0.25, 0.3) is 10.8 Å². The van der Waals surface area contributed by atoms with E-state index < -0.39 is 47.2 Å². The van der Waals surface area contributed by atoms with Gasteiger partial charge in [-0.25, -0.2) is 0 Å². The SMILES string of the molecule is O=C1C=C[C@H](O)[C@]23O[C@]12C1(Oc2cccc4cccc(c24)O1)[C@@H]1O[C@@H]1[C@@H]3O. The van der Waals surface area contributed by atoms with Crippen LogP contribution in [-0.4, -0.2) is 57.4 Å². The van der Waals surface area contributed by atoms with Crippen molar-refractivity contribution in [3.05, 3.63) is 48.6 Å². The quantitative estimate of drug-likeness (QED) is 0.653. The molecule has 2 aromatic rings. The molecule has 0 unspecified atom stereocenters. The van der Waals surface area contributed by atoms with E-state index in [1.807, 2.05) is 24.3 Å². The number of epoxide rings is 2. The summed E-state index contributed by atoms with van der Waals surface area (Å²) in [5.74, 6) is -0.916. The third-order valence-electron chi connectivity index (χ3n) is 6.54. The Kier molecular flexibility index (Phi) is 2.17. The van der Waals surface area contributed by atoms with Crippen LogP contribution in [0.2, 0.25) is 0 Å². The number of rotatable bonds is 0. The van der Waals surface area contributed by atoms with Crippen molar-refractivity contribution in [3.63, 3.8) is 0 Å². The van der Waals surface area contributed by atoms with Gasteiger partial charge in [-0.3, -0.25) is 4.79 Å². The Morgan fingerprint density at radius 1 is 1.00 bits per heavy atom. The molecule has 3 heterocycles. The second-order valence-corrected chi connectivity index (χ2v) is 7.69. The lowest BCUT2D eigenvalue weighted by Gasteiger charge is -2.45. The van der Waals surface area contributed by atoms with Crippen molar-refractivity contribution in [3.8, 4) is 11.5 Å². The molecular formula is C20H14O7. The molecule has 1 spiro atoms. The molecule has 0 bridgehead atoms. The molecular weight excluding hydrogens is 352 g/mol. The number of benzene rings is 2. The monoisotopic (exact) mass is 366 g/mol. The Hall–Kier alpha value is -2.45. The second-order valence-electron chi connectivity index (χ2n) is 7.69. The van der Waals surface area contributed by atoms with Gasteiger partial charge in [0.1, 0.15) is 29.8 Å². The molecule has 2 N–H and O–H groups in total. The summed E-state index contributed by atoms with van der Waals surface area (Å²) in [5, 5.41) is 23.1. The minimum Gasteiger partial charge on any atom is -0.446 e. The molecule has 2 saturated heterocycles. The van der Waals surface area contributed by atoms with E-state index >= 15 is 0 Å². The highest BCUT2D eigenvalue weighted by Crippen LogP contribution is 2.71. The number of hydrogen-bond donors (Lipinski definition) is 2. The van der Waals surface area contributed by atoms with Crippen LogP contribution in [0.1, 0.15) is 0 Å². The van der Waals surface area contributed by atoms with Crippen LogP contribution >= 0.6 is 0 Å². The number of hydrogen-bond acceptors (Lipinski definition) is 7. The molecule has 2 aromatic carbocycles. The summed E-state index contributed by atoms with van der Waals surface area (Å²) in [6, 6.07) is 11.2. The van der Waals surface area contributed by atoms with E-state index in [9.17, 15) is 15.0 Å². The number of carbonyl (C=O) groups excluding carboxylic acids is 1. The number of aliphatic hydroxyl groups excluding tert-OH is 2. The van der Waals surface area contributed by atoms with Gasteiger partial charge in [-0.05, 0) is 29.7 Å². The van der Waals surface area contributed by atoms with E-state index in [2.05, 4.69) is 0 Å². The molecule has 7 heteroatoms. The Balaban J connectivity index is 1.50. The smallest absolute Gasteiger partial charge is 0.320 e. The van der Waals surface area contributed by atoms with E-state index in [1.165, 1.54) is 12.2 Å². The third-order valence-corrected chi connectivity index (χ3v) is 6.54. The fourth-order valence-electron chi connectivity index (χ4n) is 5.30. The van der Waals surface area contributed by atoms with Crippen LogP contribution in [0.5, 0.6) is 11.5 Å². The zero-order valence-corrected chi connectivity index (χ0v) is 13.9. The van der Waals surface area contributed by atoms with Gasteiger partial charge in [-0.15, -0.1) is 0 Å². The molecule has 27 heavy (non-hydrogen) atoms. The molecule has 0 aromatic heterocycles. The van der Waals surface area contributed by atoms with Crippen molar-refractivity contribution in [2.75, 3.05) is 0 Å². The Bertz CT molecular complexity index is 1050. The normalized spacial score (nSPS) is 44.0. The van der Waals surface area contributed by atoms with Gasteiger partial charge < -0.3 is 29.2 Å². The summed E-state index contributed by atoms with van der Waals surface area (Å²) in [5.41, 5.74) is -3.20. The molecule has 3 aliphatic heterocycles. The van der Waals surface area contributed by atoms with Gasteiger partial charge in [0.15, 0.2) is 17.5 Å². The highest BCUT2D eigenvalue weighted by Gasteiger charge is 2.99. The van der Waals surface area contributed by atoms with Crippen LogP contribution in [-0.2, 0) is 14.3 Å². The van der Waals surface area contributed by atoms with Crippen molar-refractivity contribution in [1.82, 2.24) is 0 Å². The molecule has 5 aliphatic rings. The predicted octanol–water partition coefficient (Wildman–Crippen LogP) is 0.457. The highest BCUT2D eigenvalue weighted by molar-refractivity contribution is 6.05. The molecule has 6 atom stereocenters. The van der Waals surface area contributed by atoms with Crippen LogP contribution in [0, 0.1) is 0 Å². The van der Waals surface area contributed by atoms with Crippen molar-refractivity contribution >= 4 is 16.6 Å². The number of ketones is 1. The first-order valence-corrected chi connectivity index (χ1v) is 8.89. The maximum absolute atomic E-state index is 13.0. The number of carbonyl (C=O) groups is 1. The summed E-state index contributed by atoms with van der Waals surface area (Å²) in [4.78, 5) is 13.0. The van der Waals surface area contributed by atoms with Gasteiger partial charge in [0.05, 0.1) is 5.39 Å². The first-order chi connectivity index (χ1) is 13.1. The maximum atomic E-state index is 13.0. The fraction of sp³-hybridized carbons (Fsp3) is 0.350. The minimum absolute atomic E-state index is 0.410. The molecule has 3 fully saturated rings.